The van der Waals surface area contributed by atoms with E-state index in [0.29, 0.717) is 22.7 Å². The van der Waals surface area contributed by atoms with Crippen molar-refractivity contribution in [2.45, 2.75) is 57.0 Å². The van der Waals surface area contributed by atoms with Crippen LogP contribution in [-0.4, -0.2) is 49.2 Å². The van der Waals surface area contributed by atoms with E-state index in [1.165, 1.54) is 17.0 Å². The first kappa shape index (κ1) is 22.6. The first-order valence-electron chi connectivity index (χ1n) is 11.1. The van der Waals surface area contributed by atoms with Gasteiger partial charge in [0.1, 0.15) is 0 Å². The molecule has 0 atom stereocenters. The molecule has 0 spiro atoms. The van der Waals surface area contributed by atoms with Gasteiger partial charge in [0.25, 0.3) is 11.8 Å². The van der Waals surface area contributed by atoms with Gasteiger partial charge in [0.15, 0.2) is 0 Å². The molecule has 2 N–H and O–H groups in total. The van der Waals surface area contributed by atoms with Crippen LogP contribution in [0.3, 0.4) is 0 Å². The van der Waals surface area contributed by atoms with Gasteiger partial charge in [0.05, 0.1) is 22.6 Å². The Kier molecular flexibility index (Phi) is 6.20. The van der Waals surface area contributed by atoms with Crippen molar-refractivity contribution in [1.29, 1.82) is 0 Å². The van der Waals surface area contributed by atoms with Crippen LogP contribution in [0.2, 0.25) is 0 Å². The van der Waals surface area contributed by atoms with Gasteiger partial charge < -0.3 is 0 Å². The van der Waals surface area contributed by atoms with Crippen molar-refractivity contribution in [3.63, 3.8) is 0 Å². The fourth-order valence-corrected chi connectivity index (χ4v) is 5.32. The fraction of sp³-hybridized carbons (Fsp3) is 0.417. The molecule has 0 unspecified atom stereocenters. The van der Waals surface area contributed by atoms with E-state index >= 15 is 0 Å². The zero-order chi connectivity index (χ0) is 23.0. The quantitative estimate of drug-likeness (QED) is 0.617. The fourth-order valence-electron chi connectivity index (χ4n) is 4.81. The highest BCUT2D eigenvalue weighted by atomic mass is 32.2. The average Bonchev–Trinajstić information content (AvgIpc) is 3.26. The van der Waals surface area contributed by atoms with Crippen LogP contribution in [0, 0.1) is 0 Å². The summed E-state index contributed by atoms with van der Waals surface area (Å²) in [6.45, 7) is 6.58. The minimum absolute atomic E-state index is 0.00483. The van der Waals surface area contributed by atoms with E-state index in [9.17, 15) is 18.0 Å². The third-order valence-corrected chi connectivity index (χ3v) is 7.26. The number of amides is 2. The summed E-state index contributed by atoms with van der Waals surface area (Å²) >= 11 is 0. The molecule has 0 bridgehead atoms. The number of rotatable bonds is 8. The van der Waals surface area contributed by atoms with Gasteiger partial charge in [0, 0.05) is 6.04 Å². The number of carbonyl (C=O) groups excluding carboxylic acids is 2. The zero-order valence-electron chi connectivity index (χ0n) is 18.5. The second-order valence-corrected chi connectivity index (χ2v) is 10.2. The van der Waals surface area contributed by atoms with Gasteiger partial charge in [-0.15, -0.1) is 0 Å². The maximum absolute atomic E-state index is 13.0. The van der Waals surface area contributed by atoms with Crippen molar-refractivity contribution in [3.8, 4) is 0 Å². The SMILES string of the molecule is CCCN(CCC)C1Cc2cc3c(cc2C1)C(=O)N(Cc1ccc(S(N)(=O)=O)cc1)C3=O. The van der Waals surface area contributed by atoms with Gasteiger partial charge in [-0.05, 0) is 79.7 Å². The summed E-state index contributed by atoms with van der Waals surface area (Å²) in [5.41, 5.74) is 3.91. The predicted molar refractivity (Wildman–Crippen MR) is 122 cm³/mol. The lowest BCUT2D eigenvalue weighted by Crippen LogP contribution is -2.37. The zero-order valence-corrected chi connectivity index (χ0v) is 19.3. The molecule has 2 amide bonds. The number of hydrogen-bond donors (Lipinski definition) is 1. The standard InChI is InChI=1S/C24H29N3O4S/c1-3-9-26(10-4-2)19-11-17-13-21-22(14-18(17)12-19)24(29)27(23(21)28)15-16-5-7-20(8-6-16)32(25,30)31/h5-8,13-14,19H,3-4,9-12,15H2,1-2H3,(H2,25,30,31). The number of nitrogens with two attached hydrogens (primary N) is 1. The first-order valence-corrected chi connectivity index (χ1v) is 12.6. The molecular weight excluding hydrogens is 426 g/mol. The number of benzene rings is 2. The van der Waals surface area contributed by atoms with Crippen LogP contribution in [0.15, 0.2) is 41.3 Å². The predicted octanol–water partition coefficient (Wildman–Crippen LogP) is 2.72. The number of fused-ring (bicyclic) bond motifs is 2. The van der Waals surface area contributed by atoms with E-state index in [1.807, 2.05) is 12.1 Å². The number of hydrogen-bond acceptors (Lipinski definition) is 5. The first-order chi connectivity index (χ1) is 15.2. The molecule has 0 radical (unpaired) electrons. The second kappa shape index (κ2) is 8.77. The Morgan fingerprint density at radius 1 is 0.938 bits per heavy atom. The van der Waals surface area contributed by atoms with Crippen LogP contribution in [0.1, 0.15) is 64.1 Å². The molecule has 0 saturated carbocycles. The van der Waals surface area contributed by atoms with Gasteiger partial charge in [-0.1, -0.05) is 26.0 Å². The smallest absolute Gasteiger partial charge is 0.261 e. The molecule has 0 saturated heterocycles. The Hall–Kier alpha value is -2.55. The largest absolute Gasteiger partial charge is 0.300 e. The highest BCUT2D eigenvalue weighted by molar-refractivity contribution is 7.89. The van der Waals surface area contributed by atoms with Gasteiger partial charge in [-0.3, -0.25) is 19.4 Å². The summed E-state index contributed by atoms with van der Waals surface area (Å²) in [4.78, 5) is 29.8. The lowest BCUT2D eigenvalue weighted by Gasteiger charge is -2.27. The summed E-state index contributed by atoms with van der Waals surface area (Å²) in [7, 11) is -3.79. The molecule has 8 heteroatoms. The van der Waals surface area contributed by atoms with Gasteiger partial charge in [-0.25, -0.2) is 13.6 Å². The Labute approximate surface area is 189 Å². The topological polar surface area (TPSA) is 101 Å². The number of nitrogens with zero attached hydrogens (tertiary/aromatic N) is 2. The van der Waals surface area contributed by atoms with Crippen molar-refractivity contribution in [3.05, 3.63) is 64.2 Å². The van der Waals surface area contributed by atoms with E-state index in [1.54, 1.807) is 12.1 Å². The van der Waals surface area contributed by atoms with Crippen molar-refractivity contribution < 1.29 is 18.0 Å². The molecule has 0 aromatic heterocycles. The number of primary sulfonamides is 1. The van der Waals surface area contributed by atoms with E-state index in [4.69, 9.17) is 5.14 Å². The Morgan fingerprint density at radius 3 is 1.88 bits per heavy atom. The maximum atomic E-state index is 13.0. The minimum Gasteiger partial charge on any atom is -0.300 e. The van der Waals surface area contributed by atoms with Crippen molar-refractivity contribution in [2.24, 2.45) is 5.14 Å². The molecule has 170 valence electrons. The summed E-state index contributed by atoms with van der Waals surface area (Å²) in [5.74, 6) is -0.600. The van der Waals surface area contributed by atoms with Gasteiger partial charge in [0.2, 0.25) is 10.0 Å². The highest BCUT2D eigenvalue weighted by Crippen LogP contribution is 2.33. The molecular formula is C24H29N3O4S. The molecule has 2 aromatic rings. The molecule has 1 aliphatic carbocycles. The number of imide groups is 1. The van der Waals surface area contributed by atoms with E-state index in [2.05, 4.69) is 18.7 Å². The van der Waals surface area contributed by atoms with Crippen molar-refractivity contribution in [1.82, 2.24) is 9.80 Å². The van der Waals surface area contributed by atoms with Crippen LogP contribution in [0.25, 0.3) is 0 Å². The molecule has 4 rings (SSSR count). The molecule has 2 aliphatic rings. The van der Waals surface area contributed by atoms with Crippen LogP contribution < -0.4 is 5.14 Å². The van der Waals surface area contributed by atoms with E-state index in [-0.39, 0.29) is 23.3 Å². The summed E-state index contributed by atoms with van der Waals surface area (Å²) in [6, 6.07) is 10.2. The number of sulfonamides is 1. The second-order valence-electron chi connectivity index (χ2n) is 8.65. The third-order valence-electron chi connectivity index (χ3n) is 6.33. The number of carbonyl (C=O) groups is 2. The molecule has 7 nitrogen and oxygen atoms in total. The molecule has 1 heterocycles. The van der Waals surface area contributed by atoms with Crippen LogP contribution in [0.4, 0.5) is 0 Å². The Bertz CT molecular complexity index is 1110. The van der Waals surface area contributed by atoms with Crippen LogP contribution in [-0.2, 0) is 29.4 Å². The van der Waals surface area contributed by atoms with E-state index < -0.39 is 10.0 Å². The van der Waals surface area contributed by atoms with E-state index in [0.717, 1.165) is 49.9 Å². The molecule has 2 aromatic carbocycles. The molecule has 32 heavy (non-hydrogen) atoms. The Balaban J connectivity index is 1.53. The average molecular weight is 456 g/mol. The lowest BCUT2D eigenvalue weighted by atomic mass is 10.0. The summed E-state index contributed by atoms with van der Waals surface area (Å²) < 4.78 is 22.9. The van der Waals surface area contributed by atoms with Gasteiger partial charge >= 0.3 is 0 Å². The molecule has 0 fully saturated rings. The monoisotopic (exact) mass is 455 g/mol. The third kappa shape index (κ3) is 4.22. The normalized spacial score (nSPS) is 16.2. The molecule has 1 aliphatic heterocycles. The summed E-state index contributed by atoms with van der Waals surface area (Å²) in [5, 5.41) is 5.13. The highest BCUT2D eigenvalue weighted by Gasteiger charge is 2.38. The minimum atomic E-state index is -3.79. The lowest BCUT2D eigenvalue weighted by molar-refractivity contribution is 0.0642. The maximum Gasteiger partial charge on any atom is 0.261 e. The van der Waals surface area contributed by atoms with Gasteiger partial charge in [-0.2, -0.15) is 0 Å². The van der Waals surface area contributed by atoms with Crippen molar-refractivity contribution >= 4 is 21.8 Å². The van der Waals surface area contributed by atoms with Crippen LogP contribution in [0.5, 0.6) is 0 Å². The summed E-state index contributed by atoms with van der Waals surface area (Å²) in [6.07, 6.45) is 4.01. The Morgan fingerprint density at radius 2 is 1.44 bits per heavy atom. The van der Waals surface area contributed by atoms with Crippen LogP contribution >= 0.6 is 0 Å². The van der Waals surface area contributed by atoms with Crippen molar-refractivity contribution in [2.75, 3.05) is 13.1 Å².